The van der Waals surface area contributed by atoms with Crippen LogP contribution in [0.5, 0.6) is 0 Å². The molecule has 1 radical (unpaired) electrons. The predicted octanol–water partition coefficient (Wildman–Crippen LogP) is 3.00. The lowest BCUT2D eigenvalue weighted by Crippen LogP contribution is -1.91. The zero-order valence-corrected chi connectivity index (χ0v) is 7.33. The highest BCUT2D eigenvalue weighted by Crippen LogP contribution is 2.18. The summed E-state index contributed by atoms with van der Waals surface area (Å²) >= 11 is 11.2. The van der Waals surface area contributed by atoms with Gasteiger partial charge in [-0.1, -0.05) is 23.2 Å². The molecule has 0 aliphatic carbocycles. The summed E-state index contributed by atoms with van der Waals surface area (Å²) in [6, 6.07) is 5.75. The van der Waals surface area contributed by atoms with E-state index >= 15 is 0 Å². The van der Waals surface area contributed by atoms with Gasteiger partial charge in [0.05, 0.1) is 5.02 Å². The van der Waals surface area contributed by atoms with Gasteiger partial charge in [0.2, 0.25) is 0 Å². The maximum Gasteiger partial charge on any atom is 0.160 e. The fourth-order valence-corrected chi connectivity index (χ4v) is 1.18. The second-order valence-corrected chi connectivity index (χ2v) is 2.96. The fourth-order valence-electron chi connectivity index (χ4n) is 0.691. The molecular weight excluding hydrogens is 183 g/mol. The number of benzene rings is 1. The van der Waals surface area contributed by atoms with Gasteiger partial charge in [-0.25, -0.2) is 0 Å². The standard InChI is InChI=1S/C8H5Cl2O/c1-5(11)6-2-7(9)4-8(10)3-6/h2,4H,1H3. The van der Waals surface area contributed by atoms with Gasteiger partial charge in [-0.15, -0.1) is 0 Å². The van der Waals surface area contributed by atoms with E-state index in [4.69, 9.17) is 23.2 Å². The van der Waals surface area contributed by atoms with E-state index in [0.29, 0.717) is 15.6 Å². The van der Waals surface area contributed by atoms with Crippen LogP contribution < -0.4 is 0 Å². The van der Waals surface area contributed by atoms with Gasteiger partial charge in [0.1, 0.15) is 0 Å². The van der Waals surface area contributed by atoms with Crippen LogP contribution >= 0.6 is 23.2 Å². The summed E-state index contributed by atoms with van der Waals surface area (Å²) in [5, 5.41) is 0.821. The molecule has 0 aliphatic rings. The molecule has 0 atom stereocenters. The molecule has 1 rings (SSSR count). The zero-order valence-electron chi connectivity index (χ0n) is 5.82. The highest BCUT2D eigenvalue weighted by atomic mass is 35.5. The van der Waals surface area contributed by atoms with Gasteiger partial charge in [0.25, 0.3) is 0 Å². The molecule has 0 spiro atoms. The molecule has 0 saturated carbocycles. The van der Waals surface area contributed by atoms with Crippen LogP contribution in [0.15, 0.2) is 12.1 Å². The number of halogens is 2. The summed E-state index contributed by atoms with van der Waals surface area (Å²) in [5.74, 6) is -0.0885. The van der Waals surface area contributed by atoms with Gasteiger partial charge in [-0.05, 0) is 19.1 Å². The minimum absolute atomic E-state index is 0.0885. The highest BCUT2D eigenvalue weighted by molar-refractivity contribution is 6.35. The average Bonchev–Trinajstić information content (AvgIpc) is 1.85. The van der Waals surface area contributed by atoms with Crippen LogP contribution in [0.2, 0.25) is 10.0 Å². The smallest absolute Gasteiger partial charge is 0.160 e. The van der Waals surface area contributed by atoms with E-state index in [-0.39, 0.29) is 5.78 Å². The maximum atomic E-state index is 10.8. The Kier molecular flexibility index (Phi) is 2.53. The average molecular weight is 188 g/mol. The Morgan fingerprint density at radius 1 is 1.45 bits per heavy atom. The van der Waals surface area contributed by atoms with Gasteiger partial charge in [0, 0.05) is 16.7 Å². The first-order valence-corrected chi connectivity index (χ1v) is 3.74. The third-order valence-electron chi connectivity index (χ3n) is 1.18. The highest BCUT2D eigenvalue weighted by Gasteiger charge is 2.02. The van der Waals surface area contributed by atoms with E-state index in [2.05, 4.69) is 6.07 Å². The number of hydrogen-bond donors (Lipinski definition) is 0. The first-order valence-electron chi connectivity index (χ1n) is 2.99. The summed E-state index contributed by atoms with van der Waals surface area (Å²) in [6.07, 6.45) is 0. The first kappa shape index (κ1) is 8.57. The molecule has 11 heavy (non-hydrogen) atoms. The first-order chi connectivity index (χ1) is 5.09. The second-order valence-electron chi connectivity index (χ2n) is 2.12. The lowest BCUT2D eigenvalue weighted by atomic mass is 10.1. The van der Waals surface area contributed by atoms with Crippen LogP contribution in [0, 0.1) is 6.07 Å². The Hall–Kier alpha value is -0.530. The van der Waals surface area contributed by atoms with Crippen LogP contribution in [0.4, 0.5) is 0 Å². The molecule has 0 heterocycles. The SMILES string of the molecule is CC(=O)c1[c]c(Cl)cc(Cl)c1. The molecule has 1 aromatic rings. The van der Waals surface area contributed by atoms with Gasteiger partial charge in [0.15, 0.2) is 5.78 Å². The summed E-state index contributed by atoms with van der Waals surface area (Å²) in [4.78, 5) is 10.8. The van der Waals surface area contributed by atoms with Gasteiger partial charge >= 0.3 is 0 Å². The number of carbonyl (C=O) groups is 1. The minimum atomic E-state index is -0.0885. The van der Waals surface area contributed by atoms with Crippen molar-refractivity contribution >= 4 is 29.0 Å². The molecular formula is C8H5Cl2O. The molecule has 1 aromatic carbocycles. The predicted molar refractivity (Wildman–Crippen MR) is 45.3 cm³/mol. The van der Waals surface area contributed by atoms with E-state index in [0.717, 1.165) is 0 Å². The van der Waals surface area contributed by atoms with E-state index in [9.17, 15) is 4.79 Å². The number of carbonyl (C=O) groups excluding carboxylic acids is 1. The van der Waals surface area contributed by atoms with Crippen molar-refractivity contribution in [3.8, 4) is 0 Å². The van der Waals surface area contributed by atoms with Gasteiger partial charge in [-0.2, -0.15) is 0 Å². The molecule has 3 heteroatoms. The summed E-state index contributed by atoms with van der Waals surface area (Å²) < 4.78 is 0. The number of hydrogen-bond acceptors (Lipinski definition) is 1. The van der Waals surface area contributed by atoms with Crippen LogP contribution in [-0.4, -0.2) is 5.78 Å². The fraction of sp³-hybridized carbons (Fsp3) is 0.125. The number of Topliss-reactive ketones (excluding diaryl/α,β-unsaturated/α-hetero) is 1. The van der Waals surface area contributed by atoms with Crippen LogP contribution in [0.1, 0.15) is 17.3 Å². The van der Waals surface area contributed by atoms with E-state index in [1.807, 2.05) is 0 Å². The number of ketones is 1. The van der Waals surface area contributed by atoms with E-state index in [1.54, 1.807) is 0 Å². The molecule has 0 unspecified atom stereocenters. The van der Waals surface area contributed by atoms with Crippen molar-refractivity contribution in [2.45, 2.75) is 6.92 Å². The normalized spacial score (nSPS) is 9.73. The number of rotatable bonds is 1. The monoisotopic (exact) mass is 187 g/mol. The molecule has 0 bridgehead atoms. The molecule has 57 valence electrons. The Bertz CT molecular complexity index is 274. The van der Waals surface area contributed by atoms with Crippen molar-refractivity contribution in [2.24, 2.45) is 0 Å². The lowest BCUT2D eigenvalue weighted by molar-refractivity contribution is 0.101. The Labute approximate surface area is 74.9 Å². The zero-order chi connectivity index (χ0) is 8.43. The van der Waals surface area contributed by atoms with Crippen molar-refractivity contribution in [1.82, 2.24) is 0 Å². The molecule has 1 nitrogen and oxygen atoms in total. The quantitative estimate of drug-likeness (QED) is 0.619. The van der Waals surface area contributed by atoms with Crippen molar-refractivity contribution in [3.05, 3.63) is 33.8 Å². The van der Waals surface area contributed by atoms with Crippen LogP contribution in [0.3, 0.4) is 0 Å². The topological polar surface area (TPSA) is 17.1 Å². The molecule has 0 amide bonds. The summed E-state index contributed by atoms with van der Waals surface area (Å²) in [6.45, 7) is 1.44. The molecule has 0 aliphatic heterocycles. The molecule has 0 saturated heterocycles. The minimum Gasteiger partial charge on any atom is -0.294 e. The van der Waals surface area contributed by atoms with E-state index in [1.165, 1.54) is 19.1 Å². The lowest BCUT2D eigenvalue weighted by Gasteiger charge is -1.96. The van der Waals surface area contributed by atoms with Crippen LogP contribution in [0.25, 0.3) is 0 Å². The summed E-state index contributed by atoms with van der Waals surface area (Å²) in [7, 11) is 0. The van der Waals surface area contributed by atoms with Crippen molar-refractivity contribution in [3.63, 3.8) is 0 Å². The van der Waals surface area contributed by atoms with E-state index < -0.39 is 0 Å². The van der Waals surface area contributed by atoms with Crippen molar-refractivity contribution in [1.29, 1.82) is 0 Å². The third-order valence-corrected chi connectivity index (χ3v) is 1.60. The Morgan fingerprint density at radius 3 is 2.55 bits per heavy atom. The summed E-state index contributed by atoms with van der Waals surface area (Å²) in [5.41, 5.74) is 0.419. The Balaban J connectivity index is 3.19. The van der Waals surface area contributed by atoms with Crippen molar-refractivity contribution < 1.29 is 4.79 Å². The van der Waals surface area contributed by atoms with Crippen LogP contribution in [-0.2, 0) is 0 Å². The molecule has 0 aromatic heterocycles. The molecule has 0 N–H and O–H groups in total. The van der Waals surface area contributed by atoms with Crippen molar-refractivity contribution in [2.75, 3.05) is 0 Å². The Morgan fingerprint density at radius 2 is 2.09 bits per heavy atom. The van der Waals surface area contributed by atoms with Gasteiger partial charge in [-0.3, -0.25) is 4.79 Å². The molecule has 0 fully saturated rings. The third kappa shape index (κ3) is 2.21. The maximum absolute atomic E-state index is 10.8. The second kappa shape index (κ2) is 3.24. The largest absolute Gasteiger partial charge is 0.294 e. The van der Waals surface area contributed by atoms with Gasteiger partial charge < -0.3 is 0 Å².